The third-order valence-corrected chi connectivity index (χ3v) is 3.72. The number of rotatable bonds is 7. The topological polar surface area (TPSA) is 45.2 Å². The van der Waals surface area contributed by atoms with Gasteiger partial charge in [-0.2, -0.15) is 4.39 Å². The van der Waals surface area contributed by atoms with Gasteiger partial charge in [-0.3, -0.25) is 4.79 Å². The van der Waals surface area contributed by atoms with Crippen LogP contribution in [0.25, 0.3) is 0 Å². The first-order valence-corrected chi connectivity index (χ1v) is 7.05. The van der Waals surface area contributed by atoms with Gasteiger partial charge in [0.15, 0.2) is 0 Å². The quantitative estimate of drug-likeness (QED) is 0.780. The van der Waals surface area contributed by atoms with Gasteiger partial charge in [0.25, 0.3) is 5.91 Å². The predicted molar refractivity (Wildman–Crippen MR) is 78.1 cm³/mol. The summed E-state index contributed by atoms with van der Waals surface area (Å²) in [4.78, 5) is 17.6. The van der Waals surface area contributed by atoms with Crippen LogP contribution in [-0.2, 0) is 0 Å². The summed E-state index contributed by atoms with van der Waals surface area (Å²) in [5, 5.41) is 2.88. The Labute approximate surface area is 120 Å². The van der Waals surface area contributed by atoms with E-state index in [0.717, 1.165) is 18.9 Å². The average Bonchev–Trinajstić information content (AvgIpc) is 2.42. The van der Waals surface area contributed by atoms with Crippen molar-refractivity contribution in [2.45, 2.75) is 32.7 Å². The highest BCUT2D eigenvalue weighted by Gasteiger charge is 2.21. The van der Waals surface area contributed by atoms with E-state index in [1.807, 2.05) is 14.1 Å². The SMILES string of the molecule is CCC(CC)C(CNC(=O)c1ccnc(F)c1)N(C)C. The largest absolute Gasteiger partial charge is 0.350 e. The average molecular weight is 281 g/mol. The number of nitrogens with one attached hydrogen (secondary N) is 1. The highest BCUT2D eigenvalue weighted by Crippen LogP contribution is 2.16. The minimum Gasteiger partial charge on any atom is -0.350 e. The predicted octanol–water partition coefficient (Wildman–Crippen LogP) is 2.32. The molecule has 1 aromatic rings. The van der Waals surface area contributed by atoms with E-state index in [0.29, 0.717) is 18.0 Å². The molecule has 1 N–H and O–H groups in total. The van der Waals surface area contributed by atoms with E-state index in [4.69, 9.17) is 0 Å². The molecule has 1 unspecified atom stereocenters. The maximum Gasteiger partial charge on any atom is 0.251 e. The highest BCUT2D eigenvalue weighted by atomic mass is 19.1. The molecule has 1 rings (SSSR count). The van der Waals surface area contributed by atoms with Crippen molar-refractivity contribution in [1.82, 2.24) is 15.2 Å². The van der Waals surface area contributed by atoms with Crippen molar-refractivity contribution in [3.8, 4) is 0 Å². The monoisotopic (exact) mass is 281 g/mol. The van der Waals surface area contributed by atoms with Gasteiger partial charge in [-0.1, -0.05) is 26.7 Å². The summed E-state index contributed by atoms with van der Waals surface area (Å²) in [6.07, 6.45) is 3.44. The maximum atomic E-state index is 13.0. The van der Waals surface area contributed by atoms with Crippen LogP contribution in [0.4, 0.5) is 4.39 Å². The van der Waals surface area contributed by atoms with Gasteiger partial charge in [-0.15, -0.1) is 0 Å². The van der Waals surface area contributed by atoms with E-state index in [1.165, 1.54) is 12.3 Å². The summed E-state index contributed by atoms with van der Waals surface area (Å²) < 4.78 is 13.0. The Bertz CT molecular complexity index is 433. The number of pyridine rings is 1. The van der Waals surface area contributed by atoms with E-state index in [9.17, 15) is 9.18 Å². The lowest BCUT2D eigenvalue weighted by molar-refractivity contribution is 0.0928. The van der Waals surface area contributed by atoms with Crippen LogP contribution in [0, 0.1) is 11.9 Å². The fraction of sp³-hybridized carbons (Fsp3) is 0.600. The number of hydrogen-bond acceptors (Lipinski definition) is 3. The minimum absolute atomic E-state index is 0.260. The van der Waals surface area contributed by atoms with Crippen LogP contribution >= 0.6 is 0 Å². The highest BCUT2D eigenvalue weighted by molar-refractivity contribution is 5.94. The third kappa shape index (κ3) is 4.56. The van der Waals surface area contributed by atoms with E-state index in [2.05, 4.69) is 29.0 Å². The fourth-order valence-corrected chi connectivity index (χ4v) is 2.45. The van der Waals surface area contributed by atoms with Crippen molar-refractivity contribution in [2.75, 3.05) is 20.6 Å². The van der Waals surface area contributed by atoms with E-state index in [1.54, 1.807) is 0 Å². The standard InChI is InChI=1S/C15H24FN3O/c1-5-11(6-2)13(19(3)4)10-18-15(20)12-7-8-17-14(16)9-12/h7-9,11,13H,5-6,10H2,1-4H3,(H,18,20). The number of amides is 1. The molecule has 20 heavy (non-hydrogen) atoms. The second-order valence-electron chi connectivity index (χ2n) is 5.18. The molecule has 0 saturated carbocycles. The Kier molecular flexibility index (Phi) is 6.58. The Hall–Kier alpha value is -1.49. The van der Waals surface area contributed by atoms with Gasteiger partial charge in [0.05, 0.1) is 0 Å². The van der Waals surface area contributed by atoms with Crippen molar-refractivity contribution in [2.24, 2.45) is 5.92 Å². The molecule has 4 nitrogen and oxygen atoms in total. The number of hydrogen-bond donors (Lipinski definition) is 1. The lowest BCUT2D eigenvalue weighted by Crippen LogP contribution is -2.44. The molecular formula is C15H24FN3O. The lowest BCUT2D eigenvalue weighted by Gasteiger charge is -2.31. The van der Waals surface area contributed by atoms with Gasteiger partial charge in [0, 0.05) is 30.4 Å². The van der Waals surface area contributed by atoms with Gasteiger partial charge < -0.3 is 10.2 Å². The van der Waals surface area contributed by atoms with E-state index >= 15 is 0 Å². The minimum atomic E-state index is -0.637. The van der Waals surface area contributed by atoms with Crippen LogP contribution in [0.15, 0.2) is 18.3 Å². The summed E-state index contributed by atoms with van der Waals surface area (Å²) in [5.74, 6) is -0.370. The van der Waals surface area contributed by atoms with Crippen molar-refractivity contribution in [3.05, 3.63) is 29.8 Å². The van der Waals surface area contributed by atoms with Crippen molar-refractivity contribution in [1.29, 1.82) is 0 Å². The Morgan fingerprint density at radius 2 is 2.05 bits per heavy atom. The molecule has 0 bridgehead atoms. The molecule has 0 saturated heterocycles. The molecule has 5 heteroatoms. The number of nitrogens with zero attached hydrogens (tertiary/aromatic N) is 2. The van der Waals surface area contributed by atoms with Gasteiger partial charge >= 0.3 is 0 Å². The van der Waals surface area contributed by atoms with Crippen LogP contribution < -0.4 is 5.32 Å². The first kappa shape index (κ1) is 16.6. The molecule has 0 aliphatic heterocycles. The lowest BCUT2D eigenvalue weighted by atomic mass is 9.93. The molecular weight excluding hydrogens is 257 g/mol. The third-order valence-electron chi connectivity index (χ3n) is 3.72. The normalized spacial score (nSPS) is 12.8. The van der Waals surface area contributed by atoms with Crippen LogP contribution in [0.2, 0.25) is 0 Å². The van der Waals surface area contributed by atoms with Crippen molar-refractivity contribution >= 4 is 5.91 Å². The molecule has 0 fully saturated rings. The number of aromatic nitrogens is 1. The first-order chi connectivity index (χ1) is 9.49. The second kappa shape index (κ2) is 7.94. The van der Waals surface area contributed by atoms with Crippen molar-refractivity contribution in [3.63, 3.8) is 0 Å². The number of halogens is 1. The van der Waals surface area contributed by atoms with Crippen LogP contribution in [0.3, 0.4) is 0 Å². The van der Waals surface area contributed by atoms with Crippen LogP contribution in [-0.4, -0.2) is 42.5 Å². The maximum absolute atomic E-state index is 13.0. The molecule has 0 radical (unpaired) electrons. The smallest absolute Gasteiger partial charge is 0.251 e. The molecule has 112 valence electrons. The van der Waals surface area contributed by atoms with Crippen LogP contribution in [0.5, 0.6) is 0 Å². The van der Waals surface area contributed by atoms with Gasteiger partial charge in [-0.05, 0) is 26.1 Å². The number of carbonyl (C=O) groups is 1. The summed E-state index contributed by atoms with van der Waals surface area (Å²) in [6, 6.07) is 2.94. The second-order valence-corrected chi connectivity index (χ2v) is 5.18. The van der Waals surface area contributed by atoms with Gasteiger partial charge in [0.2, 0.25) is 5.95 Å². The number of carbonyl (C=O) groups excluding carboxylic acids is 1. The number of likely N-dealkylation sites (N-methyl/N-ethyl adjacent to an activating group) is 1. The summed E-state index contributed by atoms with van der Waals surface area (Å²) in [7, 11) is 4.03. The summed E-state index contributed by atoms with van der Waals surface area (Å²) >= 11 is 0. The molecule has 0 aromatic carbocycles. The molecule has 0 aliphatic rings. The zero-order valence-corrected chi connectivity index (χ0v) is 12.7. The van der Waals surface area contributed by atoms with Gasteiger partial charge in [-0.25, -0.2) is 4.98 Å². The van der Waals surface area contributed by atoms with Crippen molar-refractivity contribution < 1.29 is 9.18 Å². The van der Waals surface area contributed by atoms with E-state index < -0.39 is 5.95 Å². The van der Waals surface area contributed by atoms with E-state index in [-0.39, 0.29) is 11.9 Å². The first-order valence-electron chi connectivity index (χ1n) is 7.05. The fourth-order valence-electron chi connectivity index (χ4n) is 2.45. The molecule has 0 spiro atoms. The summed E-state index contributed by atoms with van der Waals surface area (Å²) in [6.45, 7) is 4.87. The summed E-state index contributed by atoms with van der Waals surface area (Å²) in [5.41, 5.74) is 0.305. The Balaban J connectivity index is 2.65. The Morgan fingerprint density at radius 3 is 2.55 bits per heavy atom. The van der Waals surface area contributed by atoms with Crippen LogP contribution in [0.1, 0.15) is 37.0 Å². The Morgan fingerprint density at radius 1 is 1.40 bits per heavy atom. The zero-order chi connectivity index (χ0) is 15.1. The molecule has 1 aromatic heterocycles. The van der Waals surface area contributed by atoms with Gasteiger partial charge in [0.1, 0.15) is 0 Å². The molecule has 1 heterocycles. The molecule has 1 atom stereocenters. The zero-order valence-electron chi connectivity index (χ0n) is 12.7. The molecule has 0 aliphatic carbocycles. The molecule has 1 amide bonds.